The molecule has 0 heterocycles. The van der Waals surface area contributed by atoms with Crippen molar-refractivity contribution in [1.82, 2.24) is 0 Å². The van der Waals surface area contributed by atoms with Gasteiger partial charge in [0.2, 0.25) is 5.91 Å². The van der Waals surface area contributed by atoms with E-state index in [2.05, 4.69) is 10.1 Å². The molecule has 1 aromatic rings. The summed E-state index contributed by atoms with van der Waals surface area (Å²) in [5.74, 6) is -0.172. The Morgan fingerprint density at radius 3 is 2.75 bits per heavy atom. The number of nitrogens with one attached hydrogen (secondary N) is 1. The zero-order valence-corrected chi connectivity index (χ0v) is 10.6. The highest BCUT2D eigenvalue weighted by atomic mass is 19.4. The number of carbonyl (C=O) groups excluding carboxylic acids is 1. The number of ether oxygens (including phenoxy) is 2. The van der Waals surface area contributed by atoms with Gasteiger partial charge in [-0.2, -0.15) is 13.2 Å². The van der Waals surface area contributed by atoms with Gasteiger partial charge in [0.05, 0.1) is 0 Å². The van der Waals surface area contributed by atoms with E-state index in [-0.39, 0.29) is 0 Å². The monoisotopic (exact) mass is 292 g/mol. The predicted octanol–water partition coefficient (Wildman–Crippen LogP) is 1.54. The van der Waals surface area contributed by atoms with E-state index >= 15 is 0 Å². The van der Waals surface area contributed by atoms with Crippen molar-refractivity contribution in [3.63, 3.8) is 0 Å². The van der Waals surface area contributed by atoms with Crippen molar-refractivity contribution in [1.29, 1.82) is 0 Å². The fraction of sp³-hybridized carbons (Fsp3) is 0.417. The van der Waals surface area contributed by atoms with E-state index in [0.29, 0.717) is 24.6 Å². The van der Waals surface area contributed by atoms with Gasteiger partial charge in [0.25, 0.3) is 0 Å². The molecule has 0 saturated carbocycles. The van der Waals surface area contributed by atoms with E-state index in [1.54, 1.807) is 18.2 Å². The largest absolute Gasteiger partial charge is 0.492 e. The van der Waals surface area contributed by atoms with Crippen LogP contribution in [0.2, 0.25) is 0 Å². The SMILES string of the molecule is NCCOc1cccc(NC(=O)COCC(F)(F)F)c1. The number of hydrogen-bond donors (Lipinski definition) is 2. The summed E-state index contributed by atoms with van der Waals surface area (Å²) in [6.45, 7) is -1.46. The van der Waals surface area contributed by atoms with Gasteiger partial charge in [-0.3, -0.25) is 4.79 Å². The minimum absolute atomic E-state index is 0.325. The number of hydrogen-bond acceptors (Lipinski definition) is 4. The van der Waals surface area contributed by atoms with Crippen LogP contribution in [-0.2, 0) is 9.53 Å². The first-order valence-corrected chi connectivity index (χ1v) is 5.78. The molecule has 0 aliphatic heterocycles. The van der Waals surface area contributed by atoms with Crippen LogP contribution >= 0.6 is 0 Å². The lowest BCUT2D eigenvalue weighted by molar-refractivity contribution is -0.174. The Kier molecular flexibility index (Phi) is 6.26. The molecule has 0 fully saturated rings. The number of nitrogens with two attached hydrogens (primary N) is 1. The Balaban J connectivity index is 2.41. The van der Waals surface area contributed by atoms with Crippen molar-refractivity contribution >= 4 is 11.6 Å². The summed E-state index contributed by atoms with van der Waals surface area (Å²) >= 11 is 0. The highest BCUT2D eigenvalue weighted by molar-refractivity contribution is 5.91. The summed E-state index contributed by atoms with van der Waals surface area (Å²) in [5, 5.41) is 2.40. The molecule has 0 unspecified atom stereocenters. The van der Waals surface area contributed by atoms with Crippen molar-refractivity contribution < 1.29 is 27.4 Å². The molecule has 112 valence electrons. The van der Waals surface area contributed by atoms with Crippen molar-refractivity contribution in [2.45, 2.75) is 6.18 Å². The minimum atomic E-state index is -4.45. The van der Waals surface area contributed by atoms with Gasteiger partial charge >= 0.3 is 6.18 Å². The third-order valence-electron chi connectivity index (χ3n) is 2.00. The maximum absolute atomic E-state index is 11.8. The standard InChI is InChI=1S/C12H15F3N2O3/c13-12(14,15)8-19-7-11(18)17-9-2-1-3-10(6-9)20-5-4-16/h1-3,6H,4-5,7-8,16H2,(H,17,18). The van der Waals surface area contributed by atoms with E-state index in [4.69, 9.17) is 10.5 Å². The van der Waals surface area contributed by atoms with Gasteiger partial charge in [0.1, 0.15) is 25.6 Å². The number of rotatable bonds is 7. The number of anilines is 1. The molecule has 0 saturated heterocycles. The number of alkyl halides is 3. The van der Waals surface area contributed by atoms with Crippen LogP contribution in [-0.4, -0.2) is 38.4 Å². The third kappa shape index (κ3) is 6.95. The fourth-order valence-corrected chi connectivity index (χ4v) is 1.30. The number of amides is 1. The first kappa shape index (κ1) is 16.3. The van der Waals surface area contributed by atoms with Gasteiger partial charge in [-0.15, -0.1) is 0 Å². The van der Waals surface area contributed by atoms with Crippen molar-refractivity contribution in [3.8, 4) is 5.75 Å². The van der Waals surface area contributed by atoms with E-state index in [1.807, 2.05) is 0 Å². The Labute approximate surface area is 113 Å². The first-order chi connectivity index (χ1) is 9.40. The van der Waals surface area contributed by atoms with Crippen LogP contribution in [0, 0.1) is 0 Å². The summed E-state index contributed by atoms with van der Waals surface area (Å²) in [4.78, 5) is 11.4. The predicted molar refractivity (Wildman–Crippen MR) is 66.5 cm³/mol. The molecule has 3 N–H and O–H groups in total. The highest BCUT2D eigenvalue weighted by Gasteiger charge is 2.27. The summed E-state index contributed by atoms with van der Waals surface area (Å²) in [7, 11) is 0. The molecule has 1 rings (SSSR count). The summed E-state index contributed by atoms with van der Waals surface area (Å²) in [5.41, 5.74) is 5.68. The average molecular weight is 292 g/mol. The lowest BCUT2D eigenvalue weighted by atomic mass is 10.3. The zero-order valence-electron chi connectivity index (χ0n) is 10.6. The molecule has 0 aliphatic carbocycles. The van der Waals surface area contributed by atoms with E-state index in [9.17, 15) is 18.0 Å². The second kappa shape index (κ2) is 7.71. The van der Waals surface area contributed by atoms with Gasteiger partial charge in [-0.25, -0.2) is 0 Å². The average Bonchev–Trinajstić information content (AvgIpc) is 2.35. The van der Waals surface area contributed by atoms with Crippen LogP contribution in [0.3, 0.4) is 0 Å². The topological polar surface area (TPSA) is 73.6 Å². The lowest BCUT2D eigenvalue weighted by Crippen LogP contribution is -2.24. The van der Waals surface area contributed by atoms with Crippen LogP contribution in [0.5, 0.6) is 5.75 Å². The van der Waals surface area contributed by atoms with Gasteiger partial charge in [-0.1, -0.05) is 6.07 Å². The molecule has 0 aliphatic rings. The second-order valence-corrected chi connectivity index (χ2v) is 3.82. The zero-order chi connectivity index (χ0) is 15.0. The molecule has 1 amide bonds. The molecule has 0 aromatic heterocycles. The fourth-order valence-electron chi connectivity index (χ4n) is 1.30. The molecule has 20 heavy (non-hydrogen) atoms. The molecule has 0 radical (unpaired) electrons. The maximum Gasteiger partial charge on any atom is 0.411 e. The van der Waals surface area contributed by atoms with Gasteiger partial charge < -0.3 is 20.5 Å². The van der Waals surface area contributed by atoms with Crippen LogP contribution in [0.15, 0.2) is 24.3 Å². The number of halogens is 3. The second-order valence-electron chi connectivity index (χ2n) is 3.82. The van der Waals surface area contributed by atoms with E-state index < -0.39 is 25.3 Å². The molecular weight excluding hydrogens is 277 g/mol. The summed E-state index contributed by atoms with van der Waals surface area (Å²) in [6, 6.07) is 6.43. The summed E-state index contributed by atoms with van der Waals surface area (Å²) < 4.78 is 45.0. The third-order valence-corrected chi connectivity index (χ3v) is 2.00. The Morgan fingerprint density at radius 1 is 1.35 bits per heavy atom. The van der Waals surface area contributed by atoms with Gasteiger partial charge in [0, 0.05) is 18.3 Å². The van der Waals surface area contributed by atoms with Crippen LogP contribution < -0.4 is 15.8 Å². The van der Waals surface area contributed by atoms with Gasteiger partial charge in [0.15, 0.2) is 0 Å². The lowest BCUT2D eigenvalue weighted by Gasteiger charge is -2.09. The molecule has 0 atom stereocenters. The van der Waals surface area contributed by atoms with Crippen LogP contribution in [0.25, 0.3) is 0 Å². The normalized spacial score (nSPS) is 11.2. The van der Waals surface area contributed by atoms with Crippen molar-refractivity contribution in [2.75, 3.05) is 31.7 Å². The molecule has 1 aromatic carbocycles. The van der Waals surface area contributed by atoms with Crippen LogP contribution in [0.1, 0.15) is 0 Å². The van der Waals surface area contributed by atoms with Crippen molar-refractivity contribution in [2.24, 2.45) is 5.73 Å². The first-order valence-electron chi connectivity index (χ1n) is 5.78. The molecule has 8 heteroatoms. The van der Waals surface area contributed by atoms with E-state index in [0.717, 1.165) is 0 Å². The maximum atomic E-state index is 11.8. The van der Waals surface area contributed by atoms with Crippen molar-refractivity contribution in [3.05, 3.63) is 24.3 Å². The summed E-state index contributed by atoms with van der Waals surface area (Å²) in [6.07, 6.45) is -4.45. The highest BCUT2D eigenvalue weighted by Crippen LogP contribution is 2.17. The van der Waals surface area contributed by atoms with Crippen LogP contribution in [0.4, 0.5) is 18.9 Å². The Bertz CT molecular complexity index is 438. The van der Waals surface area contributed by atoms with Gasteiger partial charge in [-0.05, 0) is 12.1 Å². The molecule has 0 spiro atoms. The number of benzene rings is 1. The molecule has 5 nitrogen and oxygen atoms in total. The molecular formula is C12H15F3N2O3. The Morgan fingerprint density at radius 2 is 2.10 bits per heavy atom. The smallest absolute Gasteiger partial charge is 0.411 e. The molecule has 0 bridgehead atoms. The number of carbonyl (C=O) groups is 1. The quantitative estimate of drug-likeness (QED) is 0.799. The Hall–Kier alpha value is -1.80. The minimum Gasteiger partial charge on any atom is -0.492 e. The van der Waals surface area contributed by atoms with E-state index in [1.165, 1.54) is 6.07 Å².